The zero-order chi connectivity index (χ0) is 11.4. The summed E-state index contributed by atoms with van der Waals surface area (Å²) in [5.41, 5.74) is 7.46. The highest BCUT2D eigenvalue weighted by atomic mass is 19.1. The Bertz CT molecular complexity index is 348. The summed E-state index contributed by atoms with van der Waals surface area (Å²) in [7, 11) is 0. The molecule has 82 valence electrons. The van der Waals surface area contributed by atoms with Gasteiger partial charge >= 0.3 is 0 Å². The maximum absolute atomic E-state index is 12.8. The highest BCUT2D eigenvalue weighted by Crippen LogP contribution is 2.10. The summed E-state index contributed by atoms with van der Waals surface area (Å²) >= 11 is 0. The Balaban J connectivity index is 2.76. The second kappa shape index (κ2) is 5.03. The normalized spacial score (nSPS) is 12.3. The van der Waals surface area contributed by atoms with Crippen LogP contribution in [0, 0.1) is 11.6 Å². The molecule has 0 heterocycles. The third-order valence-corrected chi connectivity index (χ3v) is 1.94. The molecule has 0 aromatic heterocycles. The number of hydrogen-bond donors (Lipinski definition) is 1. The van der Waals surface area contributed by atoms with Crippen molar-refractivity contribution in [1.82, 2.24) is 0 Å². The van der Waals surface area contributed by atoms with Crippen molar-refractivity contribution in [3.63, 3.8) is 0 Å². The van der Waals surface area contributed by atoms with Crippen LogP contribution in [0.2, 0.25) is 0 Å². The third kappa shape index (κ3) is 4.21. The van der Waals surface area contributed by atoms with Gasteiger partial charge in [-0.1, -0.05) is 11.6 Å². The van der Waals surface area contributed by atoms with Gasteiger partial charge in [0.05, 0.1) is 0 Å². The van der Waals surface area contributed by atoms with Crippen LogP contribution in [0.1, 0.15) is 19.4 Å². The molecule has 0 amide bonds. The van der Waals surface area contributed by atoms with E-state index in [1.807, 2.05) is 19.9 Å². The van der Waals surface area contributed by atoms with Crippen LogP contribution < -0.4 is 5.73 Å². The zero-order valence-corrected chi connectivity index (χ0v) is 8.93. The van der Waals surface area contributed by atoms with Gasteiger partial charge in [-0.15, -0.1) is 0 Å². The van der Waals surface area contributed by atoms with Gasteiger partial charge in [-0.3, -0.25) is 0 Å². The molecule has 1 unspecified atom stereocenters. The van der Waals surface area contributed by atoms with E-state index >= 15 is 0 Å². The molecule has 0 spiro atoms. The van der Waals surface area contributed by atoms with E-state index in [1.54, 1.807) is 0 Å². The van der Waals surface area contributed by atoms with Crippen molar-refractivity contribution < 1.29 is 8.78 Å². The minimum Gasteiger partial charge on any atom is -0.324 e. The van der Waals surface area contributed by atoms with Crippen molar-refractivity contribution in [2.24, 2.45) is 5.73 Å². The first kappa shape index (κ1) is 11.9. The molecule has 0 saturated carbocycles. The van der Waals surface area contributed by atoms with E-state index in [0.717, 1.165) is 11.6 Å². The van der Waals surface area contributed by atoms with Gasteiger partial charge in [-0.25, -0.2) is 8.78 Å². The average Bonchev–Trinajstić information content (AvgIpc) is 1.98. The first-order valence-electron chi connectivity index (χ1n) is 4.83. The van der Waals surface area contributed by atoms with Crippen LogP contribution in [0.5, 0.6) is 0 Å². The SMILES string of the molecule is CC(C)=CC(N)Cc1cc(F)cc(F)c1. The molecule has 3 heteroatoms. The smallest absolute Gasteiger partial charge is 0.126 e. The maximum Gasteiger partial charge on any atom is 0.126 e. The van der Waals surface area contributed by atoms with Gasteiger partial charge in [0, 0.05) is 12.1 Å². The van der Waals surface area contributed by atoms with Gasteiger partial charge in [0.1, 0.15) is 11.6 Å². The van der Waals surface area contributed by atoms with E-state index in [9.17, 15) is 8.78 Å². The topological polar surface area (TPSA) is 26.0 Å². The van der Waals surface area contributed by atoms with E-state index in [1.165, 1.54) is 12.1 Å². The molecule has 0 radical (unpaired) electrons. The van der Waals surface area contributed by atoms with Crippen molar-refractivity contribution in [1.29, 1.82) is 0 Å². The summed E-state index contributed by atoms with van der Waals surface area (Å²) in [4.78, 5) is 0. The Morgan fingerprint density at radius 3 is 2.27 bits per heavy atom. The van der Waals surface area contributed by atoms with Crippen molar-refractivity contribution in [3.8, 4) is 0 Å². The van der Waals surface area contributed by atoms with Crippen LogP contribution in [0.3, 0.4) is 0 Å². The summed E-state index contributed by atoms with van der Waals surface area (Å²) < 4.78 is 25.7. The number of nitrogens with two attached hydrogens (primary N) is 1. The van der Waals surface area contributed by atoms with Gasteiger partial charge in [-0.05, 0) is 38.0 Å². The fourth-order valence-electron chi connectivity index (χ4n) is 1.49. The van der Waals surface area contributed by atoms with Gasteiger partial charge < -0.3 is 5.73 Å². The first-order chi connectivity index (χ1) is 6.97. The lowest BCUT2D eigenvalue weighted by molar-refractivity contribution is 0.578. The molecule has 1 atom stereocenters. The van der Waals surface area contributed by atoms with Gasteiger partial charge in [0.25, 0.3) is 0 Å². The number of hydrogen-bond acceptors (Lipinski definition) is 1. The van der Waals surface area contributed by atoms with Crippen molar-refractivity contribution in [3.05, 3.63) is 47.0 Å². The van der Waals surface area contributed by atoms with E-state index in [0.29, 0.717) is 12.0 Å². The molecule has 0 aliphatic rings. The molecule has 0 saturated heterocycles. The maximum atomic E-state index is 12.8. The van der Waals surface area contributed by atoms with E-state index < -0.39 is 11.6 Å². The minimum atomic E-state index is -0.561. The molecule has 2 N–H and O–H groups in total. The molecular formula is C12H15F2N. The summed E-state index contributed by atoms with van der Waals surface area (Å²) in [6, 6.07) is 3.27. The van der Waals surface area contributed by atoms with E-state index in [2.05, 4.69) is 0 Å². The minimum absolute atomic E-state index is 0.198. The summed E-state index contributed by atoms with van der Waals surface area (Å²) in [6.07, 6.45) is 2.32. The van der Waals surface area contributed by atoms with Crippen molar-refractivity contribution in [2.45, 2.75) is 26.3 Å². The molecule has 0 bridgehead atoms. The van der Waals surface area contributed by atoms with Crippen LogP contribution in [0.15, 0.2) is 29.8 Å². The number of halogens is 2. The van der Waals surface area contributed by atoms with Crippen molar-refractivity contribution in [2.75, 3.05) is 0 Å². The fourth-order valence-corrected chi connectivity index (χ4v) is 1.49. The largest absolute Gasteiger partial charge is 0.324 e. The monoisotopic (exact) mass is 211 g/mol. The highest BCUT2D eigenvalue weighted by molar-refractivity contribution is 5.20. The quantitative estimate of drug-likeness (QED) is 0.764. The second-order valence-corrected chi connectivity index (χ2v) is 3.89. The van der Waals surface area contributed by atoms with Crippen LogP contribution in [-0.2, 0) is 6.42 Å². The van der Waals surface area contributed by atoms with Gasteiger partial charge in [0.2, 0.25) is 0 Å². The van der Waals surface area contributed by atoms with E-state index in [-0.39, 0.29) is 6.04 Å². The fraction of sp³-hybridized carbons (Fsp3) is 0.333. The zero-order valence-electron chi connectivity index (χ0n) is 8.93. The van der Waals surface area contributed by atoms with Crippen LogP contribution >= 0.6 is 0 Å². The Morgan fingerprint density at radius 1 is 1.27 bits per heavy atom. The number of rotatable bonds is 3. The van der Waals surface area contributed by atoms with Gasteiger partial charge in [0.15, 0.2) is 0 Å². The van der Waals surface area contributed by atoms with E-state index in [4.69, 9.17) is 5.73 Å². The van der Waals surface area contributed by atoms with Crippen molar-refractivity contribution >= 4 is 0 Å². The first-order valence-corrected chi connectivity index (χ1v) is 4.83. The molecule has 1 aromatic carbocycles. The lowest BCUT2D eigenvalue weighted by Crippen LogP contribution is -2.20. The van der Waals surface area contributed by atoms with Crippen LogP contribution in [-0.4, -0.2) is 6.04 Å². The molecule has 15 heavy (non-hydrogen) atoms. The molecule has 0 aliphatic heterocycles. The molecular weight excluding hydrogens is 196 g/mol. The lowest BCUT2D eigenvalue weighted by atomic mass is 10.0. The Kier molecular flexibility index (Phi) is 3.97. The Labute approximate surface area is 88.6 Å². The number of benzene rings is 1. The molecule has 0 fully saturated rings. The summed E-state index contributed by atoms with van der Waals surface area (Å²) in [5.74, 6) is -1.12. The predicted molar refractivity (Wildman–Crippen MR) is 57.5 cm³/mol. The Hall–Kier alpha value is -1.22. The molecule has 1 nitrogen and oxygen atoms in total. The predicted octanol–water partition coefficient (Wildman–Crippen LogP) is 2.80. The third-order valence-electron chi connectivity index (χ3n) is 1.94. The van der Waals surface area contributed by atoms with Gasteiger partial charge in [-0.2, -0.15) is 0 Å². The summed E-state index contributed by atoms with van der Waals surface area (Å²) in [6.45, 7) is 3.87. The standard InChI is InChI=1S/C12H15F2N/c1-8(2)3-12(15)6-9-4-10(13)7-11(14)5-9/h3-5,7,12H,6,15H2,1-2H3. The molecule has 0 aliphatic carbocycles. The molecule has 1 aromatic rings. The molecule has 1 rings (SSSR count). The Morgan fingerprint density at radius 2 is 1.80 bits per heavy atom. The van der Waals surface area contributed by atoms with Crippen LogP contribution in [0.25, 0.3) is 0 Å². The second-order valence-electron chi connectivity index (χ2n) is 3.89. The highest BCUT2D eigenvalue weighted by Gasteiger charge is 2.04. The van der Waals surface area contributed by atoms with Crippen LogP contribution in [0.4, 0.5) is 8.78 Å². The number of allylic oxidation sites excluding steroid dienone is 1. The lowest BCUT2D eigenvalue weighted by Gasteiger charge is -2.07. The summed E-state index contributed by atoms with van der Waals surface area (Å²) in [5, 5.41) is 0. The average molecular weight is 211 g/mol.